The summed E-state index contributed by atoms with van der Waals surface area (Å²) < 4.78 is 24.8. The highest BCUT2D eigenvalue weighted by molar-refractivity contribution is 5.85. The number of para-hydroxylation sites is 1. The molecule has 1 aliphatic heterocycles. The largest absolute Gasteiger partial charge is 0.484 e. The lowest BCUT2D eigenvalue weighted by atomic mass is 9.38. The SMILES string of the molecule is Cc1ccc(OCC(=O)NC23CC(CC(=O)[C@@H]4C[C@H](O)c5ccccc5O4)(C2)C3)cc1F. The van der Waals surface area contributed by atoms with Crippen molar-refractivity contribution in [3.8, 4) is 11.5 Å². The maximum Gasteiger partial charge on any atom is 0.258 e. The van der Waals surface area contributed by atoms with Gasteiger partial charge in [0.15, 0.2) is 18.5 Å². The van der Waals surface area contributed by atoms with E-state index in [1.54, 1.807) is 25.1 Å². The summed E-state index contributed by atoms with van der Waals surface area (Å²) >= 11 is 0. The molecule has 1 heterocycles. The van der Waals surface area contributed by atoms with Gasteiger partial charge in [0.25, 0.3) is 5.91 Å². The number of benzene rings is 2. The van der Waals surface area contributed by atoms with Crippen LogP contribution in [0.5, 0.6) is 11.5 Å². The molecule has 6 nitrogen and oxygen atoms in total. The molecule has 2 atom stereocenters. The predicted octanol–water partition coefficient (Wildman–Crippen LogP) is 3.40. The molecule has 1 amide bonds. The molecule has 4 aliphatic rings. The van der Waals surface area contributed by atoms with Gasteiger partial charge in [-0.3, -0.25) is 9.59 Å². The maximum atomic E-state index is 13.6. The van der Waals surface area contributed by atoms with Crippen molar-refractivity contribution in [1.82, 2.24) is 5.32 Å². The molecule has 2 aromatic carbocycles. The number of aliphatic hydroxyl groups is 1. The lowest BCUT2D eigenvalue weighted by molar-refractivity contribution is -0.175. The summed E-state index contributed by atoms with van der Waals surface area (Å²) in [4.78, 5) is 25.1. The van der Waals surface area contributed by atoms with Crippen molar-refractivity contribution in [2.24, 2.45) is 5.41 Å². The first-order valence-corrected chi connectivity index (χ1v) is 10.9. The summed E-state index contributed by atoms with van der Waals surface area (Å²) in [5.41, 5.74) is 0.891. The first-order valence-electron chi connectivity index (χ1n) is 10.9. The van der Waals surface area contributed by atoms with E-state index in [0.29, 0.717) is 23.5 Å². The smallest absolute Gasteiger partial charge is 0.258 e. The van der Waals surface area contributed by atoms with Crippen LogP contribution in [0.3, 0.4) is 0 Å². The third kappa shape index (κ3) is 3.75. The van der Waals surface area contributed by atoms with Gasteiger partial charge < -0.3 is 19.9 Å². The zero-order valence-corrected chi connectivity index (χ0v) is 17.9. The number of halogens is 1. The van der Waals surface area contributed by atoms with Crippen molar-refractivity contribution in [3.05, 3.63) is 59.4 Å². The Balaban J connectivity index is 1.09. The van der Waals surface area contributed by atoms with E-state index in [1.807, 2.05) is 18.2 Å². The molecule has 0 saturated heterocycles. The number of nitrogens with one attached hydrogen (secondary N) is 1. The van der Waals surface area contributed by atoms with Gasteiger partial charge >= 0.3 is 0 Å². The van der Waals surface area contributed by atoms with Crippen LogP contribution in [0, 0.1) is 18.2 Å². The van der Waals surface area contributed by atoms with Gasteiger partial charge in [-0.1, -0.05) is 24.3 Å². The molecule has 6 rings (SSSR count). The van der Waals surface area contributed by atoms with E-state index < -0.39 is 12.2 Å². The van der Waals surface area contributed by atoms with Gasteiger partial charge in [-0.05, 0) is 49.3 Å². The minimum atomic E-state index is -0.699. The van der Waals surface area contributed by atoms with Crippen molar-refractivity contribution in [2.45, 2.75) is 56.8 Å². The predicted molar refractivity (Wildman–Crippen MR) is 114 cm³/mol. The second-order valence-electron chi connectivity index (χ2n) is 9.60. The zero-order valence-electron chi connectivity index (χ0n) is 17.9. The molecule has 0 aromatic heterocycles. The number of aliphatic hydroxyl groups excluding tert-OH is 1. The Kier molecular flexibility index (Phi) is 4.97. The number of Topliss-reactive ketones (excluding diaryl/α,β-unsaturated/α-hetero) is 1. The van der Waals surface area contributed by atoms with Crippen LogP contribution in [-0.4, -0.2) is 35.0 Å². The number of amides is 1. The highest BCUT2D eigenvalue weighted by Gasteiger charge is 2.68. The lowest BCUT2D eigenvalue weighted by Crippen LogP contribution is -2.75. The van der Waals surface area contributed by atoms with E-state index in [0.717, 1.165) is 24.8 Å². The van der Waals surface area contributed by atoms with Crippen LogP contribution >= 0.6 is 0 Å². The summed E-state index contributed by atoms with van der Waals surface area (Å²) in [6.07, 6.45) is 1.58. The van der Waals surface area contributed by atoms with Crippen LogP contribution in [0.25, 0.3) is 0 Å². The van der Waals surface area contributed by atoms with Crippen LogP contribution in [0.15, 0.2) is 42.5 Å². The van der Waals surface area contributed by atoms with Gasteiger partial charge in [-0.25, -0.2) is 4.39 Å². The van der Waals surface area contributed by atoms with Gasteiger partial charge in [0.05, 0.1) is 6.10 Å². The first kappa shape index (κ1) is 20.9. The molecule has 2 N–H and O–H groups in total. The summed E-state index contributed by atoms with van der Waals surface area (Å²) in [6.45, 7) is 1.49. The molecule has 0 unspecified atom stereocenters. The Morgan fingerprint density at radius 3 is 2.72 bits per heavy atom. The summed E-state index contributed by atoms with van der Waals surface area (Å²) in [5, 5.41) is 13.4. The van der Waals surface area contributed by atoms with Crippen LogP contribution < -0.4 is 14.8 Å². The van der Waals surface area contributed by atoms with E-state index in [1.165, 1.54) is 6.07 Å². The lowest BCUT2D eigenvalue weighted by Gasteiger charge is -2.70. The number of ether oxygens (including phenoxy) is 2. The van der Waals surface area contributed by atoms with E-state index in [2.05, 4.69) is 5.32 Å². The topological polar surface area (TPSA) is 84.9 Å². The molecule has 32 heavy (non-hydrogen) atoms. The second-order valence-corrected chi connectivity index (χ2v) is 9.60. The molecule has 2 aromatic rings. The quantitative estimate of drug-likeness (QED) is 0.691. The molecule has 3 fully saturated rings. The van der Waals surface area contributed by atoms with Gasteiger partial charge in [-0.15, -0.1) is 0 Å². The molecular formula is C25H26FNO5. The van der Waals surface area contributed by atoms with Crippen molar-refractivity contribution in [3.63, 3.8) is 0 Å². The van der Waals surface area contributed by atoms with Crippen LogP contribution in [-0.2, 0) is 9.59 Å². The first-order chi connectivity index (χ1) is 15.3. The Hall–Kier alpha value is -2.93. The summed E-state index contributed by atoms with van der Waals surface area (Å²) in [7, 11) is 0. The van der Waals surface area contributed by atoms with Crippen molar-refractivity contribution in [1.29, 1.82) is 0 Å². The highest BCUT2D eigenvalue weighted by atomic mass is 19.1. The van der Waals surface area contributed by atoms with Gasteiger partial charge in [0.2, 0.25) is 0 Å². The number of hydrogen-bond donors (Lipinski definition) is 2. The third-order valence-electron chi connectivity index (χ3n) is 6.95. The highest BCUT2D eigenvalue weighted by Crippen LogP contribution is 2.69. The van der Waals surface area contributed by atoms with E-state index in [4.69, 9.17) is 9.47 Å². The number of fused-ring (bicyclic) bond motifs is 1. The van der Waals surface area contributed by atoms with Crippen LogP contribution in [0.1, 0.15) is 49.3 Å². The number of hydrogen-bond acceptors (Lipinski definition) is 5. The number of carbonyl (C=O) groups is 2. The average molecular weight is 439 g/mol. The molecule has 7 heteroatoms. The minimum absolute atomic E-state index is 0.00269. The number of rotatable bonds is 7. The Labute approximate surface area is 185 Å². The van der Waals surface area contributed by atoms with E-state index in [9.17, 15) is 19.1 Å². The molecule has 3 aliphatic carbocycles. The monoisotopic (exact) mass is 439 g/mol. The standard InChI is InChI=1S/C25H26FNO5/c1-15-6-7-16(8-18(15)26)31-11-23(30)27-25-12-24(13-25,14-25)10-20(29)22-9-19(28)17-4-2-3-5-21(17)32-22/h2-8,19,22,28H,9-14H2,1H3,(H,27,30)/t19-,22-,24?,25?/m0/s1. The fourth-order valence-electron chi connectivity index (χ4n) is 5.54. The molecule has 0 radical (unpaired) electrons. The van der Waals surface area contributed by atoms with Crippen LogP contribution in [0.4, 0.5) is 4.39 Å². The van der Waals surface area contributed by atoms with Crippen molar-refractivity contribution < 1.29 is 28.6 Å². The zero-order chi connectivity index (χ0) is 22.5. The van der Waals surface area contributed by atoms with Crippen LogP contribution in [0.2, 0.25) is 0 Å². The minimum Gasteiger partial charge on any atom is -0.484 e. The fourth-order valence-corrected chi connectivity index (χ4v) is 5.54. The maximum absolute atomic E-state index is 13.6. The second kappa shape index (κ2) is 7.59. The number of ketones is 1. The fraction of sp³-hybridized carbons (Fsp3) is 0.440. The Bertz CT molecular complexity index is 1060. The van der Waals surface area contributed by atoms with E-state index >= 15 is 0 Å². The molecule has 3 saturated carbocycles. The van der Waals surface area contributed by atoms with Crippen molar-refractivity contribution in [2.75, 3.05) is 6.61 Å². The van der Waals surface area contributed by atoms with Crippen molar-refractivity contribution >= 4 is 11.7 Å². The normalized spacial score (nSPS) is 29.6. The number of carbonyl (C=O) groups excluding carboxylic acids is 2. The molecule has 2 bridgehead atoms. The third-order valence-corrected chi connectivity index (χ3v) is 6.95. The molecule has 168 valence electrons. The average Bonchev–Trinajstić information content (AvgIpc) is 2.72. The molecule has 0 spiro atoms. The van der Waals surface area contributed by atoms with E-state index in [-0.39, 0.29) is 41.5 Å². The number of aryl methyl sites for hydroxylation is 1. The summed E-state index contributed by atoms with van der Waals surface area (Å²) in [5.74, 6) is 0.272. The summed E-state index contributed by atoms with van der Waals surface area (Å²) in [6, 6.07) is 11.8. The Morgan fingerprint density at radius 1 is 1.22 bits per heavy atom. The van der Waals surface area contributed by atoms with Gasteiger partial charge in [0.1, 0.15) is 17.3 Å². The molecular weight excluding hydrogens is 413 g/mol. The van der Waals surface area contributed by atoms with Gasteiger partial charge in [-0.2, -0.15) is 0 Å². The Morgan fingerprint density at radius 2 is 1.97 bits per heavy atom. The van der Waals surface area contributed by atoms with Gasteiger partial charge in [0, 0.05) is 30.0 Å².